The average molecular weight is 451 g/mol. The van der Waals surface area contributed by atoms with E-state index in [0.717, 1.165) is 35.0 Å². The van der Waals surface area contributed by atoms with Gasteiger partial charge in [-0.1, -0.05) is 59.9 Å². The van der Waals surface area contributed by atoms with E-state index >= 15 is 0 Å². The molecule has 0 unspecified atom stereocenters. The molecule has 2 aromatic rings. The molecule has 1 fully saturated rings. The van der Waals surface area contributed by atoms with E-state index in [1.54, 1.807) is 6.08 Å². The summed E-state index contributed by atoms with van der Waals surface area (Å²) < 4.78 is 38.7. The van der Waals surface area contributed by atoms with Crippen molar-refractivity contribution in [1.82, 2.24) is 4.90 Å². The van der Waals surface area contributed by atoms with Gasteiger partial charge < -0.3 is 5.32 Å². The van der Waals surface area contributed by atoms with Gasteiger partial charge in [-0.25, -0.2) is 0 Å². The molecule has 0 saturated carbocycles. The Morgan fingerprint density at radius 2 is 1.90 bits per heavy atom. The van der Waals surface area contributed by atoms with E-state index in [-0.39, 0.29) is 24.6 Å². The van der Waals surface area contributed by atoms with Gasteiger partial charge in [0.2, 0.25) is 5.91 Å². The largest absolute Gasteiger partial charge is 0.416 e. The number of nitrogens with zero attached hydrogens (tertiary/aromatic N) is 1. The number of anilines is 1. The molecule has 1 aliphatic heterocycles. The van der Waals surface area contributed by atoms with Gasteiger partial charge in [0.25, 0.3) is 5.91 Å². The van der Waals surface area contributed by atoms with E-state index in [1.807, 2.05) is 31.2 Å². The smallest absolute Gasteiger partial charge is 0.326 e. The van der Waals surface area contributed by atoms with Crippen molar-refractivity contribution >= 4 is 51.9 Å². The lowest BCUT2D eigenvalue weighted by atomic mass is 10.1. The van der Waals surface area contributed by atoms with Crippen molar-refractivity contribution in [2.45, 2.75) is 19.5 Å². The Morgan fingerprint density at radius 1 is 1.20 bits per heavy atom. The van der Waals surface area contributed by atoms with Crippen LogP contribution in [-0.2, 0) is 15.8 Å². The van der Waals surface area contributed by atoms with E-state index in [4.69, 9.17) is 12.2 Å². The highest BCUT2D eigenvalue weighted by Crippen LogP contribution is 2.33. The summed E-state index contributed by atoms with van der Waals surface area (Å²) in [5.74, 6) is -0.802. The van der Waals surface area contributed by atoms with Crippen LogP contribution in [0.15, 0.2) is 53.4 Å². The normalized spacial score (nSPS) is 15.7. The van der Waals surface area contributed by atoms with Crippen LogP contribution in [-0.4, -0.2) is 27.6 Å². The second-order valence-corrected chi connectivity index (χ2v) is 8.30. The second-order valence-electron chi connectivity index (χ2n) is 6.62. The first-order valence-corrected chi connectivity index (χ1v) is 10.1. The molecule has 9 heteroatoms. The van der Waals surface area contributed by atoms with Crippen LogP contribution in [0, 0.1) is 6.92 Å². The first-order valence-electron chi connectivity index (χ1n) is 8.92. The molecule has 4 nitrogen and oxygen atoms in total. The molecule has 1 saturated heterocycles. The number of carbonyl (C=O) groups is 2. The predicted octanol–water partition coefficient (Wildman–Crippen LogP) is 5.24. The van der Waals surface area contributed by atoms with Crippen LogP contribution in [0.25, 0.3) is 6.08 Å². The molecule has 30 heavy (non-hydrogen) atoms. The van der Waals surface area contributed by atoms with Gasteiger partial charge in [0.05, 0.1) is 10.5 Å². The summed E-state index contributed by atoms with van der Waals surface area (Å²) in [6.07, 6.45) is -2.85. The molecule has 1 aliphatic rings. The van der Waals surface area contributed by atoms with Crippen molar-refractivity contribution < 1.29 is 22.8 Å². The third-order valence-corrected chi connectivity index (χ3v) is 5.66. The van der Waals surface area contributed by atoms with Gasteiger partial charge in [-0.15, -0.1) is 0 Å². The summed E-state index contributed by atoms with van der Waals surface area (Å²) in [4.78, 5) is 26.5. The highest BCUT2D eigenvalue weighted by molar-refractivity contribution is 8.26. The number of halogens is 3. The predicted molar refractivity (Wildman–Crippen MR) is 116 cm³/mol. The van der Waals surface area contributed by atoms with Crippen molar-refractivity contribution in [3.8, 4) is 0 Å². The number of carbonyl (C=O) groups excluding carboxylic acids is 2. The van der Waals surface area contributed by atoms with Crippen LogP contribution >= 0.6 is 24.0 Å². The number of aryl methyl sites for hydroxylation is 1. The van der Waals surface area contributed by atoms with Crippen molar-refractivity contribution in [3.63, 3.8) is 0 Å². The fourth-order valence-electron chi connectivity index (χ4n) is 2.72. The van der Waals surface area contributed by atoms with E-state index in [0.29, 0.717) is 9.23 Å². The fourth-order valence-corrected chi connectivity index (χ4v) is 4.03. The van der Waals surface area contributed by atoms with E-state index in [9.17, 15) is 22.8 Å². The van der Waals surface area contributed by atoms with Crippen LogP contribution in [0.3, 0.4) is 0 Å². The van der Waals surface area contributed by atoms with Crippen molar-refractivity contribution in [2.75, 3.05) is 11.9 Å². The van der Waals surface area contributed by atoms with Gasteiger partial charge in [0, 0.05) is 18.7 Å². The highest BCUT2D eigenvalue weighted by Gasteiger charge is 2.32. The van der Waals surface area contributed by atoms with Gasteiger partial charge in [-0.2, -0.15) is 13.2 Å². The average Bonchev–Trinajstić information content (AvgIpc) is 2.94. The Labute approximate surface area is 181 Å². The van der Waals surface area contributed by atoms with Gasteiger partial charge in [0.15, 0.2) is 0 Å². The van der Waals surface area contributed by atoms with Gasteiger partial charge >= 0.3 is 6.18 Å². The van der Waals surface area contributed by atoms with E-state index in [2.05, 4.69) is 5.32 Å². The number of thiocarbonyl (C=S) groups is 1. The van der Waals surface area contributed by atoms with E-state index in [1.165, 1.54) is 17.0 Å². The van der Waals surface area contributed by atoms with Crippen LogP contribution in [0.4, 0.5) is 18.9 Å². The number of hydrogen-bond acceptors (Lipinski definition) is 4. The molecule has 156 valence electrons. The summed E-state index contributed by atoms with van der Waals surface area (Å²) in [6.45, 7) is 2.01. The van der Waals surface area contributed by atoms with Crippen LogP contribution in [0.2, 0.25) is 0 Å². The second kappa shape index (κ2) is 9.01. The fraction of sp³-hybridized carbons (Fsp3) is 0.190. The highest BCUT2D eigenvalue weighted by atomic mass is 32.2. The minimum atomic E-state index is -4.49. The van der Waals surface area contributed by atoms with Crippen LogP contribution < -0.4 is 5.32 Å². The molecule has 3 rings (SSSR count). The van der Waals surface area contributed by atoms with E-state index < -0.39 is 17.6 Å². The maximum absolute atomic E-state index is 12.8. The number of thioether (sulfide) groups is 1. The lowest BCUT2D eigenvalue weighted by Crippen LogP contribution is -2.31. The number of benzene rings is 2. The zero-order valence-electron chi connectivity index (χ0n) is 15.8. The molecular formula is C21H17F3N2O2S2. The van der Waals surface area contributed by atoms with Gasteiger partial charge in [-0.3, -0.25) is 14.5 Å². The number of alkyl halides is 3. The Balaban J connectivity index is 1.60. The SMILES string of the molecule is Cc1ccc(C=C2SC(=S)N(CCC(=O)Nc3cccc(C(F)(F)F)c3)C2=O)cc1. The van der Waals surface area contributed by atoms with Gasteiger partial charge in [0.1, 0.15) is 4.32 Å². The molecule has 0 radical (unpaired) electrons. The Bertz CT molecular complexity index is 1020. The van der Waals surface area contributed by atoms with Crippen molar-refractivity contribution in [1.29, 1.82) is 0 Å². The Morgan fingerprint density at radius 3 is 2.57 bits per heavy atom. The molecule has 0 aromatic heterocycles. The molecule has 0 aliphatic carbocycles. The topological polar surface area (TPSA) is 49.4 Å². The minimum Gasteiger partial charge on any atom is -0.326 e. The van der Waals surface area contributed by atoms with Gasteiger partial charge in [-0.05, 0) is 36.8 Å². The lowest BCUT2D eigenvalue weighted by molar-refractivity contribution is -0.137. The van der Waals surface area contributed by atoms with Crippen molar-refractivity contribution in [3.05, 3.63) is 70.1 Å². The molecule has 0 bridgehead atoms. The maximum Gasteiger partial charge on any atom is 0.416 e. The molecular weight excluding hydrogens is 433 g/mol. The number of hydrogen-bond donors (Lipinski definition) is 1. The third kappa shape index (κ3) is 5.48. The zero-order chi connectivity index (χ0) is 21.9. The summed E-state index contributed by atoms with van der Waals surface area (Å²) >= 11 is 6.40. The monoisotopic (exact) mass is 450 g/mol. The molecule has 1 heterocycles. The third-order valence-electron chi connectivity index (χ3n) is 4.28. The maximum atomic E-state index is 12.8. The summed E-state index contributed by atoms with van der Waals surface area (Å²) in [5.41, 5.74) is 1.16. The first-order chi connectivity index (χ1) is 14.1. The number of rotatable bonds is 5. The molecule has 1 N–H and O–H groups in total. The van der Waals surface area contributed by atoms with Crippen molar-refractivity contribution in [2.24, 2.45) is 0 Å². The first kappa shape index (κ1) is 22.0. The van der Waals surface area contributed by atoms with Crippen LogP contribution in [0.1, 0.15) is 23.1 Å². The summed E-state index contributed by atoms with van der Waals surface area (Å²) in [6, 6.07) is 12.0. The lowest BCUT2D eigenvalue weighted by Gasteiger charge is -2.14. The summed E-state index contributed by atoms with van der Waals surface area (Å²) in [5, 5.41) is 2.42. The molecule has 0 spiro atoms. The standard InChI is InChI=1S/C21H17F3N2O2S2/c1-13-5-7-14(8-6-13)11-17-19(28)26(20(29)30-17)10-9-18(27)25-16-4-2-3-15(12-16)21(22,23)24/h2-8,11-12H,9-10H2,1H3,(H,25,27). The molecule has 0 atom stereocenters. The van der Waals surface area contributed by atoms with Crippen LogP contribution in [0.5, 0.6) is 0 Å². The quantitative estimate of drug-likeness (QED) is 0.500. The Hall–Kier alpha value is -2.65. The molecule has 2 aromatic carbocycles. The number of nitrogens with one attached hydrogen (secondary N) is 1. The zero-order valence-corrected chi connectivity index (χ0v) is 17.5. The molecule has 2 amide bonds. The Kier molecular flexibility index (Phi) is 6.62. The minimum absolute atomic E-state index is 0.0412. The summed E-state index contributed by atoms with van der Waals surface area (Å²) in [7, 11) is 0. The number of amides is 2.